The second-order valence-corrected chi connectivity index (χ2v) is 7.08. The highest BCUT2D eigenvalue weighted by Crippen LogP contribution is 2.39. The summed E-state index contributed by atoms with van der Waals surface area (Å²) < 4.78 is 29.5. The average Bonchev–Trinajstić information content (AvgIpc) is 3.26. The summed E-state index contributed by atoms with van der Waals surface area (Å²) in [6, 6.07) is 9.42. The molecule has 0 amide bonds. The van der Waals surface area contributed by atoms with E-state index in [1.165, 1.54) is 31.0 Å². The van der Waals surface area contributed by atoms with Crippen LogP contribution in [0.5, 0.6) is 11.5 Å². The van der Waals surface area contributed by atoms with E-state index in [0.29, 0.717) is 29.0 Å². The van der Waals surface area contributed by atoms with Crippen molar-refractivity contribution in [2.24, 2.45) is 0 Å². The molecule has 1 aliphatic carbocycles. The fourth-order valence-electron chi connectivity index (χ4n) is 3.00. The minimum absolute atomic E-state index is 0.0264. The van der Waals surface area contributed by atoms with Crippen LogP contribution in [0.3, 0.4) is 0 Å². The number of hydrogen-bond acceptors (Lipinski definition) is 7. The highest BCUT2D eigenvalue weighted by molar-refractivity contribution is 8.00. The number of aromatic nitrogens is 2. The molecule has 8 heteroatoms. The predicted molar refractivity (Wildman–Crippen MR) is 96.9 cm³/mol. The minimum atomic E-state index is -0.385. The molecule has 1 atom stereocenters. The first kappa shape index (κ1) is 17.5. The summed E-state index contributed by atoms with van der Waals surface area (Å²) in [7, 11) is 3.09. The van der Waals surface area contributed by atoms with Gasteiger partial charge in [-0.1, -0.05) is 17.8 Å². The number of nitrogens with zero attached hydrogens (tertiary/aromatic N) is 2. The van der Waals surface area contributed by atoms with Gasteiger partial charge in [0, 0.05) is 11.1 Å². The van der Waals surface area contributed by atoms with E-state index in [1.807, 2.05) is 6.07 Å². The maximum Gasteiger partial charge on any atom is 0.277 e. The summed E-state index contributed by atoms with van der Waals surface area (Å²) in [4.78, 5) is 12.7. The molecule has 0 spiro atoms. The van der Waals surface area contributed by atoms with Crippen LogP contribution >= 0.6 is 11.8 Å². The highest BCUT2D eigenvalue weighted by Gasteiger charge is 2.34. The highest BCUT2D eigenvalue weighted by atomic mass is 32.2. The van der Waals surface area contributed by atoms with Crippen LogP contribution in [0, 0.1) is 5.82 Å². The van der Waals surface area contributed by atoms with Gasteiger partial charge in [0.05, 0.1) is 19.5 Å². The zero-order chi connectivity index (χ0) is 19.0. The molecule has 0 unspecified atom stereocenters. The molecule has 4 rings (SSSR count). The van der Waals surface area contributed by atoms with Crippen molar-refractivity contribution in [1.29, 1.82) is 0 Å². The minimum Gasteiger partial charge on any atom is -0.493 e. The summed E-state index contributed by atoms with van der Waals surface area (Å²) in [5.74, 6) is 0.899. The van der Waals surface area contributed by atoms with E-state index >= 15 is 0 Å². The molecule has 138 valence electrons. The molecule has 1 aliphatic rings. The molecule has 3 aromatic rings. The number of carbonyl (C=O) groups is 1. The number of methoxy groups -OCH3 is 2. The normalized spacial score (nSPS) is 15.7. The third-order valence-corrected chi connectivity index (χ3v) is 5.33. The summed E-state index contributed by atoms with van der Waals surface area (Å²) >= 11 is 1.20. The lowest BCUT2D eigenvalue weighted by Crippen LogP contribution is -2.11. The fraction of sp³-hybridized carbons (Fsp3) is 0.211. The molecule has 0 bridgehead atoms. The molecule has 0 saturated heterocycles. The van der Waals surface area contributed by atoms with Crippen molar-refractivity contribution in [3.05, 3.63) is 53.3 Å². The van der Waals surface area contributed by atoms with Crippen LogP contribution in [-0.2, 0) is 6.42 Å². The molecule has 6 nitrogen and oxygen atoms in total. The molecular formula is C19H15FN2O4S. The first-order valence-electron chi connectivity index (χ1n) is 8.14. The Kier molecular flexibility index (Phi) is 4.57. The van der Waals surface area contributed by atoms with Gasteiger partial charge in [-0.05, 0) is 42.3 Å². The third-order valence-electron chi connectivity index (χ3n) is 4.29. The first-order chi connectivity index (χ1) is 13.1. The Hall–Kier alpha value is -2.87. The number of Topliss-reactive ketones (excluding diaryl/α,β-unsaturated/α-hetero) is 1. The summed E-state index contributed by atoms with van der Waals surface area (Å²) in [6.07, 6.45) is 0.525. The molecule has 1 heterocycles. The molecule has 0 aliphatic heterocycles. The van der Waals surface area contributed by atoms with Gasteiger partial charge < -0.3 is 13.9 Å². The first-order valence-corrected chi connectivity index (χ1v) is 9.02. The van der Waals surface area contributed by atoms with Crippen LogP contribution in [0.15, 0.2) is 46.0 Å². The van der Waals surface area contributed by atoms with Gasteiger partial charge in [0.2, 0.25) is 5.89 Å². The number of thioether (sulfide) groups is 1. The number of ether oxygens (including phenoxy) is 2. The van der Waals surface area contributed by atoms with Crippen molar-refractivity contribution in [3.8, 4) is 23.0 Å². The van der Waals surface area contributed by atoms with Gasteiger partial charge >= 0.3 is 0 Å². The molecule has 2 aromatic carbocycles. The largest absolute Gasteiger partial charge is 0.493 e. The number of carbonyl (C=O) groups excluding carboxylic acids is 1. The zero-order valence-corrected chi connectivity index (χ0v) is 15.4. The topological polar surface area (TPSA) is 74.5 Å². The Labute approximate surface area is 158 Å². The quantitative estimate of drug-likeness (QED) is 0.660. The van der Waals surface area contributed by atoms with Crippen molar-refractivity contribution in [3.63, 3.8) is 0 Å². The van der Waals surface area contributed by atoms with Crippen molar-refractivity contribution < 1.29 is 23.1 Å². The lowest BCUT2D eigenvalue weighted by Gasteiger charge is -2.09. The second kappa shape index (κ2) is 7.03. The number of halogens is 1. The zero-order valence-electron chi connectivity index (χ0n) is 14.6. The van der Waals surface area contributed by atoms with Gasteiger partial charge in [0.1, 0.15) is 5.82 Å². The van der Waals surface area contributed by atoms with E-state index in [1.54, 1.807) is 25.3 Å². The summed E-state index contributed by atoms with van der Waals surface area (Å²) in [5, 5.41) is 7.80. The lowest BCUT2D eigenvalue weighted by atomic mass is 10.1. The Bertz CT molecular complexity index is 1020. The molecule has 0 fully saturated rings. The van der Waals surface area contributed by atoms with E-state index in [9.17, 15) is 9.18 Å². The van der Waals surface area contributed by atoms with Crippen LogP contribution in [0.4, 0.5) is 4.39 Å². The Morgan fingerprint density at radius 3 is 2.67 bits per heavy atom. The predicted octanol–water partition coefficient (Wildman–Crippen LogP) is 3.79. The maximum atomic E-state index is 13.4. The van der Waals surface area contributed by atoms with Gasteiger partial charge in [0.25, 0.3) is 5.22 Å². The van der Waals surface area contributed by atoms with E-state index in [4.69, 9.17) is 13.9 Å². The molecule has 0 N–H and O–H groups in total. The standard InChI is InChI=1S/C19H15FN2O4S/c1-24-14-7-11-8-16(17(23)13(11)9-15(14)25-2)27-19-22-21-18(26-19)10-4-3-5-12(20)6-10/h3-7,9,16H,8H2,1-2H3/t16-/m0/s1. The van der Waals surface area contributed by atoms with E-state index in [0.717, 1.165) is 5.56 Å². The van der Waals surface area contributed by atoms with Gasteiger partial charge in [-0.25, -0.2) is 4.39 Å². The van der Waals surface area contributed by atoms with Gasteiger partial charge in [-0.2, -0.15) is 0 Å². The van der Waals surface area contributed by atoms with Crippen LogP contribution in [0.2, 0.25) is 0 Å². The van der Waals surface area contributed by atoms with Crippen molar-refractivity contribution in [1.82, 2.24) is 10.2 Å². The number of ketones is 1. The van der Waals surface area contributed by atoms with E-state index in [2.05, 4.69) is 10.2 Å². The monoisotopic (exact) mass is 386 g/mol. The summed E-state index contributed by atoms with van der Waals surface area (Å²) in [5.41, 5.74) is 1.99. The average molecular weight is 386 g/mol. The number of rotatable bonds is 5. The number of fused-ring (bicyclic) bond motifs is 1. The smallest absolute Gasteiger partial charge is 0.277 e. The van der Waals surface area contributed by atoms with E-state index < -0.39 is 0 Å². The lowest BCUT2D eigenvalue weighted by molar-refractivity contribution is 0.0999. The van der Waals surface area contributed by atoms with Gasteiger partial charge in [0.15, 0.2) is 17.3 Å². The molecule has 0 saturated carbocycles. The SMILES string of the molecule is COc1cc2c(cc1OC)C(=O)[C@@H](Sc1nnc(-c3cccc(F)c3)o1)C2. The third kappa shape index (κ3) is 3.28. The Morgan fingerprint density at radius 2 is 1.93 bits per heavy atom. The number of benzene rings is 2. The summed E-state index contributed by atoms with van der Waals surface area (Å²) in [6.45, 7) is 0. The van der Waals surface area contributed by atoms with Crippen LogP contribution in [0.1, 0.15) is 15.9 Å². The van der Waals surface area contributed by atoms with Crippen molar-refractivity contribution in [2.75, 3.05) is 14.2 Å². The fourth-order valence-corrected chi connectivity index (χ4v) is 3.95. The van der Waals surface area contributed by atoms with Crippen LogP contribution in [0.25, 0.3) is 11.5 Å². The molecule has 27 heavy (non-hydrogen) atoms. The van der Waals surface area contributed by atoms with Crippen molar-refractivity contribution in [2.45, 2.75) is 16.9 Å². The Morgan fingerprint density at radius 1 is 1.15 bits per heavy atom. The van der Waals surface area contributed by atoms with Crippen LogP contribution < -0.4 is 9.47 Å². The van der Waals surface area contributed by atoms with Gasteiger partial charge in [-0.15, -0.1) is 10.2 Å². The molecule has 0 radical (unpaired) electrons. The number of hydrogen-bond donors (Lipinski definition) is 0. The van der Waals surface area contributed by atoms with Crippen molar-refractivity contribution >= 4 is 17.5 Å². The Balaban J connectivity index is 1.55. The maximum absolute atomic E-state index is 13.4. The van der Waals surface area contributed by atoms with E-state index in [-0.39, 0.29) is 28.0 Å². The molecular weight excluding hydrogens is 371 g/mol. The van der Waals surface area contributed by atoms with Crippen LogP contribution in [-0.4, -0.2) is 35.5 Å². The second-order valence-electron chi connectivity index (χ2n) is 5.92. The molecule has 1 aromatic heterocycles. The van der Waals surface area contributed by atoms with Gasteiger partial charge in [-0.3, -0.25) is 4.79 Å².